The predicted molar refractivity (Wildman–Crippen MR) is 91.4 cm³/mol. The minimum atomic E-state index is -4.29. The van der Waals surface area contributed by atoms with Gasteiger partial charge in [-0.15, -0.1) is 24.0 Å². The molecule has 0 aromatic heterocycles. The van der Waals surface area contributed by atoms with Crippen molar-refractivity contribution >= 4 is 29.9 Å². The summed E-state index contributed by atoms with van der Waals surface area (Å²) in [5, 5.41) is 6.20. The topological polar surface area (TPSA) is 45.7 Å². The summed E-state index contributed by atoms with van der Waals surface area (Å²) in [5.74, 6) is 0.704. The highest BCUT2D eigenvalue weighted by atomic mass is 127. The molecule has 0 unspecified atom stereocenters. The van der Waals surface area contributed by atoms with Crippen LogP contribution in [0.2, 0.25) is 0 Å². The maximum absolute atomic E-state index is 11.9. The van der Waals surface area contributed by atoms with Gasteiger partial charge in [-0.1, -0.05) is 24.3 Å². The molecular weight excluding hydrogens is 410 g/mol. The fourth-order valence-corrected chi connectivity index (χ4v) is 1.61. The van der Waals surface area contributed by atoms with Gasteiger partial charge in [-0.25, -0.2) is 0 Å². The van der Waals surface area contributed by atoms with Crippen LogP contribution in [0.3, 0.4) is 0 Å². The largest absolute Gasteiger partial charge is 0.411 e. The normalized spacial score (nSPS) is 11.8. The lowest BCUT2D eigenvalue weighted by molar-refractivity contribution is -0.176. The van der Waals surface area contributed by atoms with Crippen molar-refractivity contribution in [2.75, 3.05) is 20.2 Å². The number of halogens is 4. The number of alkyl halides is 3. The van der Waals surface area contributed by atoms with E-state index in [0.717, 1.165) is 12.1 Å². The Morgan fingerprint density at radius 3 is 2.23 bits per heavy atom. The zero-order chi connectivity index (χ0) is 15.7. The summed E-state index contributed by atoms with van der Waals surface area (Å²) in [6, 6.07) is 7.20. The van der Waals surface area contributed by atoms with Crippen molar-refractivity contribution in [1.82, 2.24) is 10.6 Å². The van der Waals surface area contributed by atoms with Crippen molar-refractivity contribution < 1.29 is 17.9 Å². The van der Waals surface area contributed by atoms with Gasteiger partial charge in [0.1, 0.15) is 6.61 Å². The number of nitrogens with one attached hydrogen (secondary N) is 2. The SMILES string of the molecule is CCNC(=NC)NCc1ccc(COCC(F)(F)F)cc1.I. The van der Waals surface area contributed by atoms with Crippen LogP contribution in [0.4, 0.5) is 13.2 Å². The first kappa shape index (κ1) is 21.0. The average molecular weight is 431 g/mol. The van der Waals surface area contributed by atoms with Crippen LogP contribution >= 0.6 is 24.0 Å². The predicted octanol–water partition coefficient (Wildman–Crippen LogP) is 3.07. The highest BCUT2D eigenvalue weighted by molar-refractivity contribution is 14.0. The van der Waals surface area contributed by atoms with Crippen molar-refractivity contribution in [2.24, 2.45) is 4.99 Å². The molecule has 0 aliphatic heterocycles. The smallest absolute Gasteiger partial charge is 0.367 e. The summed E-state index contributed by atoms with van der Waals surface area (Å²) >= 11 is 0. The second-order valence-electron chi connectivity index (χ2n) is 4.38. The van der Waals surface area contributed by atoms with E-state index in [9.17, 15) is 13.2 Å². The lowest BCUT2D eigenvalue weighted by Gasteiger charge is -2.11. The Morgan fingerprint density at radius 2 is 1.73 bits per heavy atom. The molecule has 0 amide bonds. The van der Waals surface area contributed by atoms with Crippen molar-refractivity contribution in [3.8, 4) is 0 Å². The van der Waals surface area contributed by atoms with E-state index in [2.05, 4.69) is 20.4 Å². The van der Waals surface area contributed by atoms with Crippen LogP contribution in [-0.4, -0.2) is 32.3 Å². The highest BCUT2D eigenvalue weighted by Crippen LogP contribution is 2.15. The Bertz CT molecular complexity index is 450. The van der Waals surface area contributed by atoms with Crippen LogP contribution in [0.5, 0.6) is 0 Å². The fourth-order valence-electron chi connectivity index (χ4n) is 1.61. The van der Waals surface area contributed by atoms with Gasteiger partial charge in [-0.2, -0.15) is 13.2 Å². The van der Waals surface area contributed by atoms with E-state index < -0.39 is 12.8 Å². The molecule has 1 aromatic carbocycles. The molecule has 0 bridgehead atoms. The van der Waals surface area contributed by atoms with Gasteiger partial charge in [-0.05, 0) is 18.1 Å². The molecule has 1 rings (SSSR count). The summed E-state index contributed by atoms with van der Waals surface area (Å²) in [6.45, 7) is 2.06. The molecule has 22 heavy (non-hydrogen) atoms. The molecule has 0 radical (unpaired) electrons. The van der Waals surface area contributed by atoms with Crippen LogP contribution in [0, 0.1) is 0 Å². The Morgan fingerprint density at radius 1 is 1.14 bits per heavy atom. The maximum Gasteiger partial charge on any atom is 0.411 e. The molecule has 1 aromatic rings. The van der Waals surface area contributed by atoms with Gasteiger partial charge < -0.3 is 15.4 Å². The van der Waals surface area contributed by atoms with E-state index in [-0.39, 0.29) is 30.6 Å². The Balaban J connectivity index is 0.00000441. The van der Waals surface area contributed by atoms with Gasteiger partial charge in [0.25, 0.3) is 0 Å². The third kappa shape index (κ3) is 9.08. The summed E-state index contributed by atoms with van der Waals surface area (Å²) in [4.78, 5) is 4.04. The zero-order valence-corrected chi connectivity index (χ0v) is 14.9. The van der Waals surface area contributed by atoms with E-state index in [1.54, 1.807) is 19.2 Å². The van der Waals surface area contributed by atoms with Crippen LogP contribution in [0.15, 0.2) is 29.3 Å². The summed E-state index contributed by atoms with van der Waals surface area (Å²) in [6.07, 6.45) is -4.29. The second-order valence-corrected chi connectivity index (χ2v) is 4.38. The van der Waals surface area contributed by atoms with Gasteiger partial charge in [0, 0.05) is 20.1 Å². The van der Waals surface area contributed by atoms with Gasteiger partial charge in [-0.3, -0.25) is 4.99 Å². The standard InChI is InChI=1S/C14H20F3N3O.HI/c1-3-19-13(18-2)20-8-11-4-6-12(7-5-11)9-21-10-14(15,16)17;/h4-7H,3,8-10H2,1-2H3,(H2,18,19,20);1H. The summed E-state index contributed by atoms with van der Waals surface area (Å²) in [5.41, 5.74) is 1.72. The van der Waals surface area contributed by atoms with E-state index in [1.165, 1.54) is 0 Å². The van der Waals surface area contributed by atoms with Crippen LogP contribution < -0.4 is 10.6 Å². The molecule has 126 valence electrons. The number of nitrogens with zero attached hydrogens (tertiary/aromatic N) is 1. The Hall–Kier alpha value is -1.03. The van der Waals surface area contributed by atoms with Crippen LogP contribution in [0.1, 0.15) is 18.1 Å². The first-order valence-electron chi connectivity index (χ1n) is 6.61. The molecule has 0 saturated carbocycles. The maximum atomic E-state index is 11.9. The van der Waals surface area contributed by atoms with E-state index in [0.29, 0.717) is 18.1 Å². The third-order valence-corrected chi connectivity index (χ3v) is 2.59. The number of aliphatic imine (C=N–C) groups is 1. The van der Waals surface area contributed by atoms with Crippen molar-refractivity contribution in [3.63, 3.8) is 0 Å². The molecule has 0 atom stereocenters. The van der Waals surface area contributed by atoms with E-state index in [1.807, 2.05) is 19.1 Å². The van der Waals surface area contributed by atoms with Gasteiger partial charge in [0.2, 0.25) is 0 Å². The van der Waals surface area contributed by atoms with Crippen LogP contribution in [-0.2, 0) is 17.9 Å². The highest BCUT2D eigenvalue weighted by Gasteiger charge is 2.27. The quantitative estimate of drug-likeness (QED) is 0.414. The summed E-state index contributed by atoms with van der Waals surface area (Å²) < 4.78 is 40.4. The first-order chi connectivity index (χ1) is 9.94. The molecule has 0 aliphatic carbocycles. The van der Waals surface area contributed by atoms with Gasteiger partial charge >= 0.3 is 6.18 Å². The number of hydrogen-bond donors (Lipinski definition) is 2. The molecule has 0 heterocycles. The lowest BCUT2D eigenvalue weighted by Crippen LogP contribution is -2.36. The Labute approximate surface area is 145 Å². The Kier molecular flexibility index (Phi) is 10.2. The molecule has 0 spiro atoms. The first-order valence-corrected chi connectivity index (χ1v) is 6.61. The minimum absolute atomic E-state index is 0. The van der Waals surface area contributed by atoms with Gasteiger partial charge in [0.05, 0.1) is 6.61 Å². The monoisotopic (exact) mass is 431 g/mol. The number of hydrogen-bond acceptors (Lipinski definition) is 2. The van der Waals surface area contributed by atoms with Crippen molar-refractivity contribution in [3.05, 3.63) is 35.4 Å². The molecule has 2 N–H and O–H groups in total. The number of rotatable bonds is 6. The molecule has 0 aliphatic rings. The van der Waals surface area contributed by atoms with Gasteiger partial charge in [0.15, 0.2) is 5.96 Å². The lowest BCUT2D eigenvalue weighted by atomic mass is 10.1. The minimum Gasteiger partial charge on any atom is -0.367 e. The number of guanidine groups is 1. The molecule has 8 heteroatoms. The van der Waals surface area contributed by atoms with E-state index >= 15 is 0 Å². The molecule has 0 saturated heterocycles. The fraction of sp³-hybridized carbons (Fsp3) is 0.500. The summed E-state index contributed by atoms with van der Waals surface area (Å²) in [7, 11) is 1.69. The second kappa shape index (κ2) is 10.7. The van der Waals surface area contributed by atoms with Crippen molar-refractivity contribution in [2.45, 2.75) is 26.3 Å². The third-order valence-electron chi connectivity index (χ3n) is 2.59. The van der Waals surface area contributed by atoms with Crippen molar-refractivity contribution in [1.29, 1.82) is 0 Å². The number of ether oxygens (including phenoxy) is 1. The zero-order valence-electron chi connectivity index (χ0n) is 12.5. The molecule has 4 nitrogen and oxygen atoms in total. The van der Waals surface area contributed by atoms with Crippen LogP contribution in [0.25, 0.3) is 0 Å². The number of benzene rings is 1. The molecular formula is C14H21F3IN3O. The van der Waals surface area contributed by atoms with E-state index in [4.69, 9.17) is 0 Å². The molecule has 0 fully saturated rings. The average Bonchev–Trinajstić information content (AvgIpc) is 2.43.